The molecule has 0 atom stereocenters. The SMILES string of the molecule is Cc1cccc(-c2cccc3ccccc23)c1-n1c2ccccc2c2ccc(N(c3ccc(-c4ccccc4)cc3)c3cc4ccccc4c4ccccc34)cc21. The number of aryl methyl sites for hydroxylation is 1. The lowest BCUT2D eigenvalue weighted by Crippen LogP contribution is -2.11. The maximum Gasteiger partial charge on any atom is 0.0569 e. The fourth-order valence-corrected chi connectivity index (χ4v) is 9.05. The van der Waals surface area contributed by atoms with E-state index in [9.17, 15) is 0 Å². The highest BCUT2D eigenvalue weighted by atomic mass is 15.1. The maximum atomic E-state index is 2.51. The first kappa shape index (κ1) is 33.0. The number of rotatable bonds is 6. The Labute approximate surface area is 332 Å². The van der Waals surface area contributed by atoms with Crippen molar-refractivity contribution < 1.29 is 0 Å². The quantitative estimate of drug-likeness (QED) is 0.155. The van der Waals surface area contributed by atoms with Gasteiger partial charge in [-0.2, -0.15) is 0 Å². The predicted molar refractivity (Wildman–Crippen MR) is 244 cm³/mol. The smallest absolute Gasteiger partial charge is 0.0569 e. The maximum absolute atomic E-state index is 2.51. The number of nitrogens with zero attached hydrogens (tertiary/aromatic N) is 2. The van der Waals surface area contributed by atoms with Crippen molar-refractivity contribution in [3.05, 3.63) is 218 Å². The van der Waals surface area contributed by atoms with E-state index in [0.717, 1.165) is 17.1 Å². The van der Waals surface area contributed by atoms with E-state index >= 15 is 0 Å². The van der Waals surface area contributed by atoms with Gasteiger partial charge in [0.1, 0.15) is 0 Å². The third kappa shape index (κ3) is 5.41. The van der Waals surface area contributed by atoms with Gasteiger partial charge in [0.2, 0.25) is 0 Å². The highest BCUT2D eigenvalue weighted by Crippen LogP contribution is 2.45. The average molecular weight is 727 g/mol. The van der Waals surface area contributed by atoms with E-state index in [1.165, 1.54) is 87.6 Å². The highest BCUT2D eigenvalue weighted by molar-refractivity contribution is 6.16. The van der Waals surface area contributed by atoms with Crippen molar-refractivity contribution in [3.8, 4) is 27.9 Å². The number of hydrogen-bond donors (Lipinski definition) is 0. The second-order valence-corrected chi connectivity index (χ2v) is 15.0. The van der Waals surface area contributed by atoms with Crippen molar-refractivity contribution in [1.29, 1.82) is 0 Å². The van der Waals surface area contributed by atoms with Gasteiger partial charge in [0.25, 0.3) is 0 Å². The number of fused-ring (bicyclic) bond motifs is 7. The number of anilines is 3. The Bertz CT molecular complexity index is 3290. The number of aromatic nitrogens is 1. The Morgan fingerprint density at radius 2 is 0.930 bits per heavy atom. The normalized spacial score (nSPS) is 11.6. The molecule has 0 aliphatic heterocycles. The largest absolute Gasteiger partial charge is 0.310 e. The first-order valence-corrected chi connectivity index (χ1v) is 19.7. The van der Waals surface area contributed by atoms with Gasteiger partial charge in [-0.15, -0.1) is 0 Å². The van der Waals surface area contributed by atoms with E-state index in [1.54, 1.807) is 0 Å². The first-order valence-electron chi connectivity index (χ1n) is 19.7. The first-order chi connectivity index (χ1) is 28.2. The molecule has 0 saturated carbocycles. The molecular weight excluding hydrogens is 689 g/mol. The van der Waals surface area contributed by atoms with Gasteiger partial charge in [-0.05, 0) is 92.5 Å². The highest BCUT2D eigenvalue weighted by Gasteiger charge is 2.22. The molecular formula is C55H38N2. The zero-order valence-corrected chi connectivity index (χ0v) is 31.6. The van der Waals surface area contributed by atoms with Gasteiger partial charge in [-0.3, -0.25) is 0 Å². The van der Waals surface area contributed by atoms with Gasteiger partial charge in [0.15, 0.2) is 0 Å². The van der Waals surface area contributed by atoms with Crippen LogP contribution in [0.25, 0.3) is 82.1 Å². The van der Waals surface area contributed by atoms with E-state index in [1.807, 2.05) is 0 Å². The lowest BCUT2D eigenvalue weighted by atomic mass is 9.95. The van der Waals surface area contributed by atoms with Crippen LogP contribution in [0, 0.1) is 6.92 Å². The number of benzene rings is 10. The van der Waals surface area contributed by atoms with Crippen molar-refractivity contribution in [2.45, 2.75) is 6.92 Å². The molecule has 11 aromatic rings. The van der Waals surface area contributed by atoms with Crippen molar-refractivity contribution in [2.75, 3.05) is 4.90 Å². The fraction of sp³-hybridized carbons (Fsp3) is 0.0182. The Morgan fingerprint density at radius 3 is 1.75 bits per heavy atom. The molecule has 10 aromatic carbocycles. The molecule has 0 radical (unpaired) electrons. The molecule has 2 nitrogen and oxygen atoms in total. The molecule has 57 heavy (non-hydrogen) atoms. The fourth-order valence-electron chi connectivity index (χ4n) is 9.05. The van der Waals surface area contributed by atoms with Gasteiger partial charge in [-0.25, -0.2) is 0 Å². The second kappa shape index (κ2) is 13.4. The molecule has 2 heteroatoms. The zero-order chi connectivity index (χ0) is 37.9. The minimum Gasteiger partial charge on any atom is -0.310 e. The molecule has 0 spiro atoms. The second-order valence-electron chi connectivity index (χ2n) is 15.0. The molecule has 0 unspecified atom stereocenters. The summed E-state index contributed by atoms with van der Waals surface area (Å²) in [6, 6.07) is 77.6. The molecule has 0 aliphatic rings. The lowest BCUT2D eigenvalue weighted by molar-refractivity contribution is 1.15. The summed E-state index contributed by atoms with van der Waals surface area (Å²) in [6.07, 6.45) is 0. The summed E-state index contributed by atoms with van der Waals surface area (Å²) >= 11 is 0. The molecule has 0 fully saturated rings. The van der Waals surface area contributed by atoms with Crippen LogP contribution in [0.3, 0.4) is 0 Å². The minimum atomic E-state index is 1.10. The van der Waals surface area contributed by atoms with Gasteiger partial charge in [0.05, 0.1) is 22.4 Å². The molecule has 0 bridgehead atoms. The summed E-state index contributed by atoms with van der Waals surface area (Å²) in [5.41, 5.74) is 13.0. The van der Waals surface area contributed by atoms with E-state index in [-0.39, 0.29) is 0 Å². The van der Waals surface area contributed by atoms with Gasteiger partial charge < -0.3 is 9.47 Å². The molecule has 0 aliphatic carbocycles. The van der Waals surface area contributed by atoms with E-state index in [0.29, 0.717) is 0 Å². The van der Waals surface area contributed by atoms with Crippen LogP contribution >= 0.6 is 0 Å². The molecule has 268 valence electrons. The van der Waals surface area contributed by atoms with Crippen molar-refractivity contribution >= 4 is 71.2 Å². The molecule has 0 amide bonds. The topological polar surface area (TPSA) is 8.17 Å². The Morgan fingerprint density at radius 1 is 0.351 bits per heavy atom. The van der Waals surface area contributed by atoms with Crippen molar-refractivity contribution in [3.63, 3.8) is 0 Å². The van der Waals surface area contributed by atoms with E-state index < -0.39 is 0 Å². The third-order valence-electron chi connectivity index (χ3n) is 11.7. The van der Waals surface area contributed by atoms with Gasteiger partial charge in [0, 0.05) is 33.1 Å². The molecule has 1 heterocycles. The monoisotopic (exact) mass is 726 g/mol. The van der Waals surface area contributed by atoms with Gasteiger partial charge in [-0.1, -0.05) is 176 Å². The molecule has 0 saturated heterocycles. The molecule has 0 N–H and O–H groups in total. The minimum absolute atomic E-state index is 1.10. The van der Waals surface area contributed by atoms with E-state index in [2.05, 4.69) is 229 Å². The summed E-state index contributed by atoms with van der Waals surface area (Å²) in [4.78, 5) is 2.45. The lowest BCUT2D eigenvalue weighted by Gasteiger charge is -2.28. The number of hydrogen-bond acceptors (Lipinski definition) is 1. The average Bonchev–Trinajstić information content (AvgIpc) is 3.60. The summed E-state index contributed by atoms with van der Waals surface area (Å²) in [6.45, 7) is 2.25. The summed E-state index contributed by atoms with van der Waals surface area (Å²) in [5, 5.41) is 9.88. The predicted octanol–water partition coefficient (Wildman–Crippen LogP) is 15.4. The van der Waals surface area contributed by atoms with Crippen LogP contribution in [0.5, 0.6) is 0 Å². The van der Waals surface area contributed by atoms with E-state index in [4.69, 9.17) is 0 Å². The Hall–Kier alpha value is -7.42. The number of para-hydroxylation sites is 2. The van der Waals surface area contributed by atoms with Crippen LogP contribution in [-0.2, 0) is 0 Å². The van der Waals surface area contributed by atoms with Crippen molar-refractivity contribution in [1.82, 2.24) is 4.57 Å². The van der Waals surface area contributed by atoms with Crippen LogP contribution in [0.1, 0.15) is 5.56 Å². The van der Waals surface area contributed by atoms with Crippen LogP contribution < -0.4 is 4.90 Å². The summed E-state index contributed by atoms with van der Waals surface area (Å²) in [7, 11) is 0. The standard InChI is InChI=1S/C55H38N2/c1-37-15-13-27-51(47-26-14-20-40-18-5-7-21-44(40)47)55(37)57-52-28-12-11-25-49(52)50-34-33-43(36-54(50)57)56(42-31-29-39(30-32-42)38-16-3-2-4-17-38)53-35-41-19-6-8-22-45(41)46-23-9-10-24-48(46)53/h2-36H,1H3. The summed E-state index contributed by atoms with van der Waals surface area (Å²) in [5.74, 6) is 0. The third-order valence-corrected chi connectivity index (χ3v) is 11.7. The van der Waals surface area contributed by atoms with Crippen LogP contribution in [0.15, 0.2) is 212 Å². The molecule has 1 aromatic heterocycles. The summed E-state index contributed by atoms with van der Waals surface area (Å²) < 4.78 is 2.51. The van der Waals surface area contributed by atoms with Crippen molar-refractivity contribution in [2.24, 2.45) is 0 Å². The van der Waals surface area contributed by atoms with Crippen LogP contribution in [-0.4, -0.2) is 4.57 Å². The zero-order valence-electron chi connectivity index (χ0n) is 31.6. The molecule has 11 rings (SSSR count). The van der Waals surface area contributed by atoms with Gasteiger partial charge >= 0.3 is 0 Å². The van der Waals surface area contributed by atoms with Crippen LogP contribution in [0.4, 0.5) is 17.1 Å². The Balaban J connectivity index is 1.20. The Kier molecular flexibility index (Phi) is 7.75. The van der Waals surface area contributed by atoms with Crippen LogP contribution in [0.2, 0.25) is 0 Å².